The van der Waals surface area contributed by atoms with E-state index in [4.69, 9.17) is 16.0 Å². The van der Waals surface area contributed by atoms with Gasteiger partial charge in [-0.15, -0.1) is 0 Å². The molecular weight excluding hydrogens is 208 g/mol. The summed E-state index contributed by atoms with van der Waals surface area (Å²) in [7, 11) is 0. The lowest BCUT2D eigenvalue weighted by atomic mass is 10.2. The van der Waals surface area contributed by atoms with Crippen molar-refractivity contribution in [3.8, 4) is 0 Å². The fourth-order valence-corrected chi connectivity index (χ4v) is 1.47. The van der Waals surface area contributed by atoms with Gasteiger partial charge in [0.2, 0.25) is 0 Å². The maximum atomic E-state index is 11.2. The van der Waals surface area contributed by atoms with Crippen LogP contribution in [-0.4, -0.2) is 29.2 Å². The predicted molar refractivity (Wildman–Crippen MR) is 59.6 cm³/mol. The number of hydrogen-bond donors (Lipinski definition) is 2. The molecule has 0 radical (unpaired) electrons. The molecule has 0 unspecified atom stereocenters. The van der Waals surface area contributed by atoms with Crippen LogP contribution in [-0.2, 0) is 6.54 Å². The Morgan fingerprint density at radius 1 is 1.50 bits per heavy atom. The van der Waals surface area contributed by atoms with Crippen molar-refractivity contribution < 1.29 is 9.32 Å². The fraction of sp³-hybridized carbons (Fsp3) is 0.600. The Morgan fingerprint density at radius 3 is 2.62 bits per heavy atom. The number of amides is 2. The standard InChI is InChI=1S/C10H18N4O2/c1-7-9(8(2)16-13-7)6-14(10(12)15)5-3-4-11/h3-6,11H2,1-2H3,(H2,12,15). The minimum atomic E-state index is -0.451. The van der Waals surface area contributed by atoms with Gasteiger partial charge >= 0.3 is 6.03 Å². The first kappa shape index (κ1) is 12.5. The molecule has 1 aromatic rings. The molecule has 0 aliphatic carbocycles. The van der Waals surface area contributed by atoms with Crippen molar-refractivity contribution in [2.24, 2.45) is 11.5 Å². The van der Waals surface area contributed by atoms with E-state index in [1.54, 1.807) is 4.90 Å². The molecule has 90 valence electrons. The van der Waals surface area contributed by atoms with E-state index in [1.807, 2.05) is 13.8 Å². The van der Waals surface area contributed by atoms with E-state index in [9.17, 15) is 4.79 Å². The van der Waals surface area contributed by atoms with Crippen LogP contribution in [0.15, 0.2) is 4.52 Å². The minimum Gasteiger partial charge on any atom is -0.361 e. The summed E-state index contributed by atoms with van der Waals surface area (Å²) in [4.78, 5) is 12.8. The summed E-state index contributed by atoms with van der Waals surface area (Å²) in [6.45, 7) is 5.17. The van der Waals surface area contributed by atoms with Crippen molar-refractivity contribution >= 4 is 6.03 Å². The van der Waals surface area contributed by atoms with E-state index in [0.29, 0.717) is 19.6 Å². The first-order valence-corrected chi connectivity index (χ1v) is 5.22. The van der Waals surface area contributed by atoms with Crippen LogP contribution in [0, 0.1) is 13.8 Å². The molecule has 0 aromatic carbocycles. The number of nitrogens with two attached hydrogens (primary N) is 2. The maximum absolute atomic E-state index is 11.2. The van der Waals surface area contributed by atoms with Crippen LogP contribution < -0.4 is 11.5 Å². The highest BCUT2D eigenvalue weighted by Gasteiger charge is 2.15. The van der Waals surface area contributed by atoms with Gasteiger partial charge in [0.25, 0.3) is 0 Å². The summed E-state index contributed by atoms with van der Waals surface area (Å²) in [6.07, 6.45) is 0.728. The quantitative estimate of drug-likeness (QED) is 0.764. The number of primary amides is 1. The summed E-state index contributed by atoms with van der Waals surface area (Å²) in [6, 6.07) is -0.451. The van der Waals surface area contributed by atoms with E-state index in [-0.39, 0.29) is 0 Å². The highest BCUT2D eigenvalue weighted by molar-refractivity contribution is 5.72. The fourth-order valence-electron chi connectivity index (χ4n) is 1.47. The molecule has 6 heteroatoms. The molecule has 0 aliphatic rings. The SMILES string of the molecule is Cc1noc(C)c1CN(CCCN)C(N)=O. The van der Waals surface area contributed by atoms with E-state index >= 15 is 0 Å². The Morgan fingerprint density at radius 2 is 2.19 bits per heavy atom. The molecule has 0 saturated heterocycles. The number of urea groups is 1. The number of aryl methyl sites for hydroxylation is 2. The van der Waals surface area contributed by atoms with Gasteiger partial charge in [-0.3, -0.25) is 0 Å². The molecule has 1 aromatic heterocycles. The summed E-state index contributed by atoms with van der Waals surface area (Å²) in [5, 5.41) is 3.83. The molecule has 16 heavy (non-hydrogen) atoms. The van der Waals surface area contributed by atoms with Gasteiger partial charge in [0.05, 0.1) is 12.2 Å². The Labute approximate surface area is 94.6 Å². The molecule has 6 nitrogen and oxygen atoms in total. The molecule has 0 atom stereocenters. The number of hydrogen-bond acceptors (Lipinski definition) is 4. The van der Waals surface area contributed by atoms with Crippen molar-refractivity contribution in [2.45, 2.75) is 26.8 Å². The molecule has 0 saturated carbocycles. The first-order valence-electron chi connectivity index (χ1n) is 5.22. The summed E-state index contributed by atoms with van der Waals surface area (Å²) < 4.78 is 5.03. The molecule has 1 rings (SSSR count). The van der Waals surface area contributed by atoms with E-state index in [2.05, 4.69) is 5.16 Å². The van der Waals surface area contributed by atoms with Gasteiger partial charge in [0, 0.05) is 12.1 Å². The van der Waals surface area contributed by atoms with Gasteiger partial charge in [-0.1, -0.05) is 5.16 Å². The molecule has 0 spiro atoms. The normalized spacial score (nSPS) is 10.4. The van der Waals surface area contributed by atoms with Crippen LogP contribution >= 0.6 is 0 Å². The molecule has 2 amide bonds. The molecular formula is C10H18N4O2. The summed E-state index contributed by atoms with van der Waals surface area (Å²) >= 11 is 0. The Balaban J connectivity index is 2.71. The monoisotopic (exact) mass is 226 g/mol. The minimum absolute atomic E-state index is 0.427. The molecule has 0 bridgehead atoms. The zero-order chi connectivity index (χ0) is 12.1. The predicted octanol–water partition coefficient (Wildman–Crippen LogP) is 0.521. The molecule has 4 N–H and O–H groups in total. The van der Waals surface area contributed by atoms with E-state index in [0.717, 1.165) is 23.4 Å². The van der Waals surface area contributed by atoms with Crippen LogP contribution in [0.5, 0.6) is 0 Å². The van der Waals surface area contributed by atoms with E-state index in [1.165, 1.54) is 0 Å². The zero-order valence-electron chi connectivity index (χ0n) is 9.69. The number of rotatable bonds is 5. The van der Waals surface area contributed by atoms with Gasteiger partial charge in [-0.25, -0.2) is 4.79 Å². The topological polar surface area (TPSA) is 98.4 Å². The average molecular weight is 226 g/mol. The maximum Gasteiger partial charge on any atom is 0.315 e. The van der Waals surface area contributed by atoms with Crippen LogP contribution in [0.2, 0.25) is 0 Å². The van der Waals surface area contributed by atoms with Gasteiger partial charge < -0.3 is 20.9 Å². The second-order valence-electron chi connectivity index (χ2n) is 3.70. The van der Waals surface area contributed by atoms with E-state index < -0.39 is 6.03 Å². The van der Waals surface area contributed by atoms with Crippen LogP contribution in [0.4, 0.5) is 4.79 Å². The zero-order valence-corrected chi connectivity index (χ0v) is 9.69. The van der Waals surface area contributed by atoms with Gasteiger partial charge in [-0.05, 0) is 26.8 Å². The average Bonchev–Trinajstić information content (AvgIpc) is 2.54. The Bertz CT molecular complexity index is 342. The summed E-state index contributed by atoms with van der Waals surface area (Å²) in [5.41, 5.74) is 12.4. The third-order valence-corrected chi connectivity index (χ3v) is 2.47. The van der Waals surface area contributed by atoms with Crippen molar-refractivity contribution in [3.63, 3.8) is 0 Å². The lowest BCUT2D eigenvalue weighted by Gasteiger charge is -2.19. The molecule has 0 aliphatic heterocycles. The van der Waals surface area contributed by atoms with Gasteiger partial charge in [0.15, 0.2) is 0 Å². The van der Waals surface area contributed by atoms with Crippen molar-refractivity contribution in [3.05, 3.63) is 17.0 Å². The molecule has 1 heterocycles. The van der Waals surface area contributed by atoms with Crippen LogP contribution in [0.1, 0.15) is 23.4 Å². The number of nitrogens with zero attached hydrogens (tertiary/aromatic N) is 2. The molecule has 0 fully saturated rings. The van der Waals surface area contributed by atoms with Crippen molar-refractivity contribution in [1.82, 2.24) is 10.1 Å². The van der Waals surface area contributed by atoms with Crippen LogP contribution in [0.25, 0.3) is 0 Å². The second kappa shape index (κ2) is 5.50. The third-order valence-electron chi connectivity index (χ3n) is 2.47. The third kappa shape index (κ3) is 2.96. The number of aromatic nitrogens is 1. The smallest absolute Gasteiger partial charge is 0.315 e. The first-order chi connectivity index (χ1) is 7.56. The van der Waals surface area contributed by atoms with Gasteiger partial charge in [-0.2, -0.15) is 0 Å². The largest absolute Gasteiger partial charge is 0.361 e. The van der Waals surface area contributed by atoms with Crippen LogP contribution in [0.3, 0.4) is 0 Å². The lowest BCUT2D eigenvalue weighted by molar-refractivity contribution is 0.204. The Kier molecular flexibility index (Phi) is 4.30. The summed E-state index contributed by atoms with van der Waals surface area (Å²) in [5.74, 6) is 0.719. The lowest BCUT2D eigenvalue weighted by Crippen LogP contribution is -2.36. The number of carbonyl (C=O) groups is 1. The van der Waals surface area contributed by atoms with Gasteiger partial charge in [0.1, 0.15) is 5.76 Å². The van der Waals surface area contributed by atoms with Crippen molar-refractivity contribution in [1.29, 1.82) is 0 Å². The van der Waals surface area contributed by atoms with Crippen molar-refractivity contribution in [2.75, 3.05) is 13.1 Å². The highest BCUT2D eigenvalue weighted by Crippen LogP contribution is 2.14. The Hall–Kier alpha value is -1.56. The number of carbonyl (C=O) groups excluding carboxylic acids is 1. The second-order valence-corrected chi connectivity index (χ2v) is 3.70. The highest BCUT2D eigenvalue weighted by atomic mass is 16.5.